The summed E-state index contributed by atoms with van der Waals surface area (Å²) in [6, 6.07) is 5.27. The minimum atomic E-state index is -0.356. The second-order valence-electron chi connectivity index (χ2n) is 6.85. The lowest BCUT2D eigenvalue weighted by atomic mass is 10.2. The molecular formula is C18H23ClFN5O. The first-order chi connectivity index (χ1) is 12.7. The average molecular weight is 380 g/mol. The highest BCUT2D eigenvalue weighted by Gasteiger charge is 2.32. The van der Waals surface area contributed by atoms with Crippen LogP contribution in [0.4, 0.5) is 10.3 Å². The summed E-state index contributed by atoms with van der Waals surface area (Å²) in [7, 11) is 1.65. The molecule has 2 fully saturated rings. The summed E-state index contributed by atoms with van der Waals surface area (Å²) in [5.41, 5.74) is 0.365. The SMILES string of the molecule is COCCn1c(-c2cc(Cl)ccc2F)nnc1N1CCN(C2CC2)CC1. The van der Waals surface area contributed by atoms with E-state index in [4.69, 9.17) is 16.3 Å². The summed E-state index contributed by atoms with van der Waals surface area (Å²) >= 11 is 6.07. The standard InChI is InChI=1S/C18H23ClFN5O/c1-26-11-10-25-17(15-12-13(19)2-5-16(15)20)21-22-18(25)24-8-6-23(7-9-24)14-3-4-14/h2,5,12,14H,3-4,6-11H2,1H3. The Morgan fingerprint density at radius 3 is 2.65 bits per heavy atom. The molecular weight excluding hydrogens is 357 g/mol. The van der Waals surface area contributed by atoms with Gasteiger partial charge in [-0.15, -0.1) is 10.2 Å². The maximum Gasteiger partial charge on any atom is 0.227 e. The quantitative estimate of drug-likeness (QED) is 0.772. The zero-order valence-corrected chi connectivity index (χ0v) is 15.6. The van der Waals surface area contributed by atoms with Gasteiger partial charge in [-0.1, -0.05) is 11.6 Å². The van der Waals surface area contributed by atoms with Gasteiger partial charge in [0, 0.05) is 44.4 Å². The first kappa shape index (κ1) is 17.7. The van der Waals surface area contributed by atoms with E-state index in [0.717, 1.165) is 38.2 Å². The molecule has 0 atom stereocenters. The molecule has 0 unspecified atom stereocenters. The third-order valence-electron chi connectivity index (χ3n) is 5.08. The number of benzene rings is 1. The predicted molar refractivity (Wildman–Crippen MR) is 99.1 cm³/mol. The number of aromatic nitrogens is 3. The number of methoxy groups -OCH3 is 1. The lowest BCUT2D eigenvalue weighted by Crippen LogP contribution is -2.48. The summed E-state index contributed by atoms with van der Waals surface area (Å²) in [4.78, 5) is 4.78. The molecule has 6 nitrogen and oxygen atoms in total. The molecule has 0 radical (unpaired) electrons. The first-order valence-corrected chi connectivity index (χ1v) is 9.41. The van der Waals surface area contributed by atoms with E-state index in [1.807, 2.05) is 4.57 Å². The fraction of sp³-hybridized carbons (Fsp3) is 0.556. The molecule has 1 aliphatic heterocycles. The molecule has 0 spiro atoms. The van der Waals surface area contributed by atoms with Gasteiger partial charge in [0.1, 0.15) is 5.82 Å². The van der Waals surface area contributed by atoms with Gasteiger partial charge in [0.15, 0.2) is 5.82 Å². The van der Waals surface area contributed by atoms with Crippen molar-refractivity contribution in [3.8, 4) is 11.4 Å². The van der Waals surface area contributed by atoms with Gasteiger partial charge in [-0.25, -0.2) is 4.39 Å². The molecule has 1 saturated heterocycles. The Kier molecular flexibility index (Phi) is 5.11. The summed E-state index contributed by atoms with van der Waals surface area (Å²) in [5, 5.41) is 9.14. The van der Waals surface area contributed by atoms with Crippen molar-refractivity contribution < 1.29 is 9.13 Å². The maximum atomic E-state index is 14.4. The van der Waals surface area contributed by atoms with Crippen LogP contribution in [0.5, 0.6) is 0 Å². The van der Waals surface area contributed by atoms with E-state index in [1.165, 1.54) is 25.0 Å². The molecule has 1 aromatic heterocycles. The Balaban J connectivity index is 1.62. The van der Waals surface area contributed by atoms with Crippen LogP contribution >= 0.6 is 11.6 Å². The maximum absolute atomic E-state index is 14.4. The summed E-state index contributed by atoms with van der Waals surface area (Å²) in [6.07, 6.45) is 2.64. The van der Waals surface area contributed by atoms with Gasteiger partial charge in [0.2, 0.25) is 5.95 Å². The van der Waals surface area contributed by atoms with Gasteiger partial charge in [-0.3, -0.25) is 9.47 Å². The van der Waals surface area contributed by atoms with Crippen LogP contribution in [0.15, 0.2) is 18.2 Å². The van der Waals surface area contributed by atoms with Crippen LogP contribution < -0.4 is 4.90 Å². The Morgan fingerprint density at radius 2 is 1.96 bits per heavy atom. The normalized spacial score (nSPS) is 18.5. The summed E-state index contributed by atoms with van der Waals surface area (Å²) in [6.45, 7) is 4.93. The van der Waals surface area contributed by atoms with Gasteiger partial charge in [0.05, 0.1) is 18.7 Å². The number of hydrogen-bond acceptors (Lipinski definition) is 5. The summed E-state index contributed by atoms with van der Waals surface area (Å²) < 4.78 is 21.5. The molecule has 4 rings (SSSR count). The Labute approximate surface area is 157 Å². The zero-order chi connectivity index (χ0) is 18.1. The monoisotopic (exact) mass is 379 g/mol. The van der Waals surface area contributed by atoms with Crippen molar-refractivity contribution in [1.29, 1.82) is 0 Å². The third kappa shape index (κ3) is 3.56. The molecule has 0 bridgehead atoms. The lowest BCUT2D eigenvalue weighted by molar-refractivity contribution is 0.187. The zero-order valence-electron chi connectivity index (χ0n) is 14.9. The number of hydrogen-bond donors (Lipinski definition) is 0. The van der Waals surface area contributed by atoms with Crippen LogP contribution in [0, 0.1) is 5.82 Å². The average Bonchev–Trinajstić information content (AvgIpc) is 3.42. The van der Waals surface area contributed by atoms with Crippen LogP contribution in [0.3, 0.4) is 0 Å². The minimum Gasteiger partial charge on any atom is -0.383 e. The van der Waals surface area contributed by atoms with Gasteiger partial charge < -0.3 is 9.64 Å². The van der Waals surface area contributed by atoms with Crippen molar-refractivity contribution >= 4 is 17.5 Å². The van der Waals surface area contributed by atoms with Gasteiger partial charge in [-0.05, 0) is 31.0 Å². The van der Waals surface area contributed by atoms with E-state index in [-0.39, 0.29) is 5.82 Å². The second-order valence-corrected chi connectivity index (χ2v) is 7.28. The number of anilines is 1. The van der Waals surface area contributed by atoms with Gasteiger partial charge in [-0.2, -0.15) is 0 Å². The highest BCUT2D eigenvalue weighted by Crippen LogP contribution is 2.30. The lowest BCUT2D eigenvalue weighted by Gasteiger charge is -2.35. The van der Waals surface area contributed by atoms with Crippen LogP contribution in [0.2, 0.25) is 5.02 Å². The van der Waals surface area contributed by atoms with Crippen molar-refractivity contribution in [3.05, 3.63) is 29.0 Å². The highest BCUT2D eigenvalue weighted by molar-refractivity contribution is 6.30. The van der Waals surface area contributed by atoms with E-state index in [2.05, 4.69) is 20.0 Å². The van der Waals surface area contributed by atoms with Crippen molar-refractivity contribution in [2.24, 2.45) is 0 Å². The Hall–Kier alpha value is -1.70. The number of rotatable bonds is 6. The van der Waals surface area contributed by atoms with Crippen LogP contribution in [0.25, 0.3) is 11.4 Å². The molecule has 2 aliphatic rings. The number of ether oxygens (including phenoxy) is 1. The predicted octanol–water partition coefficient (Wildman–Crippen LogP) is 2.67. The van der Waals surface area contributed by atoms with Crippen LogP contribution in [-0.4, -0.2) is 65.6 Å². The topological polar surface area (TPSA) is 46.4 Å². The van der Waals surface area contributed by atoms with Crippen molar-refractivity contribution in [3.63, 3.8) is 0 Å². The fourth-order valence-corrected chi connectivity index (χ4v) is 3.68. The molecule has 2 heterocycles. The molecule has 0 amide bonds. The molecule has 1 aromatic carbocycles. The fourth-order valence-electron chi connectivity index (χ4n) is 3.51. The van der Waals surface area contributed by atoms with Gasteiger partial charge >= 0.3 is 0 Å². The Morgan fingerprint density at radius 1 is 1.19 bits per heavy atom. The molecule has 0 N–H and O–H groups in total. The molecule has 8 heteroatoms. The number of halogens is 2. The molecule has 140 valence electrons. The second kappa shape index (κ2) is 7.50. The summed E-state index contributed by atoms with van der Waals surface area (Å²) in [5.74, 6) is 0.902. The van der Waals surface area contributed by atoms with Gasteiger partial charge in [0.25, 0.3) is 0 Å². The van der Waals surface area contributed by atoms with Crippen molar-refractivity contribution in [1.82, 2.24) is 19.7 Å². The van der Waals surface area contributed by atoms with E-state index in [9.17, 15) is 4.39 Å². The minimum absolute atomic E-state index is 0.356. The highest BCUT2D eigenvalue weighted by atomic mass is 35.5. The molecule has 1 saturated carbocycles. The van der Waals surface area contributed by atoms with Crippen LogP contribution in [0.1, 0.15) is 12.8 Å². The third-order valence-corrected chi connectivity index (χ3v) is 5.32. The Bertz CT molecular complexity index is 771. The smallest absolute Gasteiger partial charge is 0.227 e. The van der Waals surface area contributed by atoms with Crippen LogP contribution in [-0.2, 0) is 11.3 Å². The largest absolute Gasteiger partial charge is 0.383 e. The van der Waals surface area contributed by atoms with Crippen molar-refractivity contribution in [2.45, 2.75) is 25.4 Å². The van der Waals surface area contributed by atoms with E-state index in [1.54, 1.807) is 13.2 Å². The first-order valence-electron chi connectivity index (χ1n) is 9.04. The molecule has 26 heavy (non-hydrogen) atoms. The molecule has 2 aromatic rings. The molecule has 1 aliphatic carbocycles. The number of nitrogens with zero attached hydrogens (tertiary/aromatic N) is 5. The van der Waals surface area contributed by atoms with E-state index < -0.39 is 0 Å². The van der Waals surface area contributed by atoms with E-state index >= 15 is 0 Å². The number of piperazine rings is 1. The van der Waals surface area contributed by atoms with Crippen molar-refractivity contribution in [2.75, 3.05) is 44.8 Å². The van der Waals surface area contributed by atoms with E-state index in [0.29, 0.717) is 29.6 Å².